The Bertz CT molecular complexity index is 303. The first kappa shape index (κ1) is 22.4. The van der Waals surface area contributed by atoms with Gasteiger partial charge in [0.2, 0.25) is 0 Å². The summed E-state index contributed by atoms with van der Waals surface area (Å²) in [6.45, 7) is 0. The molecule has 1 aliphatic heterocycles. The van der Waals surface area contributed by atoms with Crippen LogP contribution in [0, 0.1) is 0 Å². The molecule has 1 fully saturated rings. The second kappa shape index (κ2) is 8.85. The fourth-order valence-corrected chi connectivity index (χ4v) is 17.0. The Morgan fingerprint density at radius 3 is 0.708 bits per heavy atom. The van der Waals surface area contributed by atoms with Gasteiger partial charge in [-0.15, -0.1) is 0 Å². The van der Waals surface area contributed by atoms with Gasteiger partial charge in [0, 0.05) is 56.9 Å². The Labute approximate surface area is 146 Å². The molecule has 1 heterocycles. The molecule has 0 radical (unpaired) electrons. The molecule has 0 aromatic heterocycles. The molecule has 1 aliphatic rings. The van der Waals surface area contributed by atoms with Crippen molar-refractivity contribution in [3.63, 3.8) is 0 Å². The summed E-state index contributed by atoms with van der Waals surface area (Å²) in [5.41, 5.74) is 0. The standard InChI is InChI=1S/C8H26N2O10Si4/c1-11-21(12-2)9-22(13-3,14-4)20-24(17-7,18-8)10-23(15-5,16-6)19-21/h9-10H,1-8H3. The molecular weight excluding hydrogens is 396 g/mol. The molecule has 0 atom stereocenters. The number of hydrogen-bond acceptors (Lipinski definition) is 12. The van der Waals surface area contributed by atoms with E-state index in [9.17, 15) is 0 Å². The Morgan fingerprint density at radius 1 is 0.417 bits per heavy atom. The number of hydrogen-bond donors (Lipinski definition) is 2. The monoisotopic (exact) mass is 422 g/mol. The highest BCUT2D eigenvalue weighted by Gasteiger charge is 2.70. The zero-order valence-corrected chi connectivity index (χ0v) is 19.1. The van der Waals surface area contributed by atoms with Crippen molar-refractivity contribution in [3.05, 3.63) is 0 Å². The quantitative estimate of drug-likeness (QED) is 0.427. The normalized spacial score (nSPS) is 25.0. The molecule has 0 unspecified atom stereocenters. The topological polar surface area (TPSA) is 116 Å². The molecule has 0 aromatic rings. The van der Waals surface area contributed by atoms with Crippen molar-refractivity contribution < 1.29 is 43.6 Å². The van der Waals surface area contributed by atoms with Crippen molar-refractivity contribution in [2.75, 3.05) is 56.9 Å². The smallest absolute Gasteiger partial charge is 0.365 e. The van der Waals surface area contributed by atoms with E-state index in [1.54, 1.807) is 0 Å². The third-order valence-electron chi connectivity index (χ3n) is 3.30. The van der Waals surface area contributed by atoms with E-state index in [0.717, 1.165) is 0 Å². The summed E-state index contributed by atoms with van der Waals surface area (Å²) in [7, 11) is -2.93. The third kappa shape index (κ3) is 4.37. The highest BCUT2D eigenvalue weighted by molar-refractivity contribution is 6.89. The van der Waals surface area contributed by atoms with Gasteiger partial charge >= 0.3 is 35.9 Å². The molecule has 2 N–H and O–H groups in total. The van der Waals surface area contributed by atoms with Gasteiger partial charge in [-0.1, -0.05) is 0 Å². The average molecular weight is 423 g/mol. The van der Waals surface area contributed by atoms with Gasteiger partial charge in [-0.25, -0.2) is 9.30 Å². The van der Waals surface area contributed by atoms with Crippen LogP contribution in [0.25, 0.3) is 0 Å². The lowest BCUT2D eigenvalue weighted by molar-refractivity contribution is 0.0317. The number of rotatable bonds is 8. The van der Waals surface area contributed by atoms with E-state index >= 15 is 0 Å². The summed E-state index contributed by atoms with van der Waals surface area (Å²) < 4.78 is 61.7. The highest BCUT2D eigenvalue weighted by Crippen LogP contribution is 2.25. The van der Waals surface area contributed by atoms with Crippen LogP contribution < -0.4 is 9.30 Å². The summed E-state index contributed by atoms with van der Waals surface area (Å²) in [6, 6.07) is 0. The van der Waals surface area contributed by atoms with E-state index in [4.69, 9.17) is 43.6 Å². The van der Waals surface area contributed by atoms with Gasteiger partial charge in [0.1, 0.15) is 0 Å². The van der Waals surface area contributed by atoms with Crippen molar-refractivity contribution in [2.24, 2.45) is 0 Å². The maximum Gasteiger partial charge on any atom is 0.588 e. The van der Waals surface area contributed by atoms with Crippen LogP contribution in [-0.4, -0.2) is 92.7 Å². The molecule has 16 heteroatoms. The zero-order chi connectivity index (χ0) is 18.5. The van der Waals surface area contributed by atoms with E-state index < -0.39 is 35.9 Å². The molecule has 0 aromatic carbocycles. The van der Waals surface area contributed by atoms with E-state index in [2.05, 4.69) is 9.30 Å². The van der Waals surface area contributed by atoms with Gasteiger partial charge in [-0.2, -0.15) is 0 Å². The van der Waals surface area contributed by atoms with E-state index in [-0.39, 0.29) is 0 Å². The molecular formula is C8H26N2O10Si4. The largest absolute Gasteiger partial charge is 0.588 e. The third-order valence-corrected chi connectivity index (χ3v) is 16.8. The van der Waals surface area contributed by atoms with Crippen LogP contribution in [0.3, 0.4) is 0 Å². The predicted molar refractivity (Wildman–Crippen MR) is 87.5 cm³/mol. The molecule has 0 saturated carbocycles. The lowest BCUT2D eigenvalue weighted by Gasteiger charge is -2.45. The number of nitrogens with one attached hydrogen (secondary N) is 2. The van der Waals surface area contributed by atoms with Gasteiger partial charge < -0.3 is 43.6 Å². The van der Waals surface area contributed by atoms with E-state index in [1.807, 2.05) is 0 Å². The molecule has 12 nitrogen and oxygen atoms in total. The summed E-state index contributed by atoms with van der Waals surface area (Å²) in [5, 5.41) is 0. The molecule has 1 saturated heterocycles. The minimum absolute atomic E-state index is 1.41. The maximum absolute atomic E-state index is 6.02. The van der Waals surface area contributed by atoms with Crippen LogP contribution >= 0.6 is 0 Å². The predicted octanol–water partition coefficient (Wildman–Crippen LogP) is -1.87. The van der Waals surface area contributed by atoms with Gasteiger partial charge in [0.25, 0.3) is 0 Å². The van der Waals surface area contributed by atoms with Gasteiger partial charge in [0.05, 0.1) is 0 Å². The van der Waals surface area contributed by atoms with Crippen molar-refractivity contribution in [1.82, 2.24) is 9.30 Å². The minimum Gasteiger partial charge on any atom is -0.365 e. The van der Waals surface area contributed by atoms with Crippen LogP contribution in [0.1, 0.15) is 0 Å². The summed E-state index contributed by atoms with van der Waals surface area (Å²) in [4.78, 5) is 0. The zero-order valence-electron chi connectivity index (χ0n) is 15.1. The second-order valence-electron chi connectivity index (χ2n) is 4.31. The molecule has 0 bridgehead atoms. The van der Waals surface area contributed by atoms with Crippen LogP contribution in [0.15, 0.2) is 0 Å². The van der Waals surface area contributed by atoms with Crippen molar-refractivity contribution in [2.45, 2.75) is 0 Å². The Morgan fingerprint density at radius 2 is 0.583 bits per heavy atom. The fraction of sp³-hybridized carbons (Fsp3) is 1.00. The summed E-state index contributed by atoms with van der Waals surface area (Å²) in [5.74, 6) is 0. The van der Waals surface area contributed by atoms with Crippen LogP contribution in [0.5, 0.6) is 0 Å². The maximum atomic E-state index is 6.02. The van der Waals surface area contributed by atoms with Crippen LogP contribution in [0.2, 0.25) is 0 Å². The van der Waals surface area contributed by atoms with Crippen molar-refractivity contribution in [3.8, 4) is 0 Å². The van der Waals surface area contributed by atoms with E-state index in [1.165, 1.54) is 56.9 Å². The fourth-order valence-electron chi connectivity index (χ4n) is 1.91. The van der Waals surface area contributed by atoms with Crippen molar-refractivity contribution >= 4 is 35.9 Å². The molecule has 144 valence electrons. The van der Waals surface area contributed by atoms with Crippen molar-refractivity contribution in [1.29, 1.82) is 0 Å². The molecule has 0 aliphatic carbocycles. The summed E-state index contributed by atoms with van der Waals surface area (Å²) >= 11 is 0. The van der Waals surface area contributed by atoms with Gasteiger partial charge in [-0.05, 0) is 0 Å². The average Bonchev–Trinajstić information content (AvgIpc) is 2.63. The van der Waals surface area contributed by atoms with Crippen LogP contribution in [0.4, 0.5) is 0 Å². The second-order valence-corrected chi connectivity index (χ2v) is 15.7. The van der Waals surface area contributed by atoms with Gasteiger partial charge in [-0.3, -0.25) is 0 Å². The Kier molecular flexibility index (Phi) is 8.27. The van der Waals surface area contributed by atoms with E-state index in [0.29, 0.717) is 0 Å². The van der Waals surface area contributed by atoms with Crippen LogP contribution in [-0.2, 0) is 43.6 Å². The first-order valence-corrected chi connectivity index (χ1v) is 13.6. The molecule has 0 amide bonds. The lowest BCUT2D eigenvalue weighted by atomic mass is 11.8. The molecule has 24 heavy (non-hydrogen) atoms. The SMILES string of the molecule is CO[Si]1(OC)N[Si](OC)(OC)O[Si](OC)(OC)N[Si](OC)(OC)O1. The summed E-state index contributed by atoms with van der Waals surface area (Å²) in [6.07, 6.45) is 0. The first-order chi connectivity index (χ1) is 11.3. The highest BCUT2D eigenvalue weighted by atomic mass is 28.5. The Hall–Kier alpha value is 0.388. The minimum atomic E-state index is -3.56. The first-order valence-electron chi connectivity index (χ1n) is 6.72. The Balaban J connectivity index is 3.45. The molecule has 0 spiro atoms. The molecule has 1 rings (SSSR count). The van der Waals surface area contributed by atoms with Gasteiger partial charge in [0.15, 0.2) is 0 Å². The lowest BCUT2D eigenvalue weighted by Crippen LogP contribution is -2.86.